The fourth-order valence-corrected chi connectivity index (χ4v) is 20.2. The molecule has 0 saturated carbocycles. The summed E-state index contributed by atoms with van der Waals surface area (Å²) in [6.45, 7) is 0. The molecule has 0 aliphatic heterocycles. The second-order valence-electron chi connectivity index (χ2n) is 25.8. The molecule has 0 N–H and O–H groups in total. The van der Waals surface area contributed by atoms with Gasteiger partial charge in [-0.25, -0.2) is 49.8 Å². The van der Waals surface area contributed by atoms with E-state index in [2.05, 4.69) is 214 Å². The molecule has 0 spiro atoms. The van der Waals surface area contributed by atoms with Gasteiger partial charge in [0.05, 0.1) is 82.4 Å². The molecule has 0 atom stereocenters. The Balaban J connectivity index is 0.000000117. The SMILES string of the molecule is Clc1cccc(-c2nc(-c3ccccc3)c3sc4ccccc4c3n2)c1.Clc1nc(-c2ccccc2)c2sc3ccccc3c2n1.Clc1nc(Cl)c2sc3ccccc3c2n1.[2H]CF.c1ccc(-c2nc(-c3cccc(-c4cccc(-c5nc(-c6ccccc6)c6sc7ccccc7c6n5)c4)c3)nc3c2sc2ccccc23)cc1. The first-order valence-electron chi connectivity index (χ1n) is 36.2. The summed E-state index contributed by atoms with van der Waals surface area (Å²) in [5.74, 6) is 2.12. The fraction of sp³-hybridized carbons (Fsp3) is 0.0108. The van der Waals surface area contributed by atoms with E-state index in [-0.39, 0.29) is 5.28 Å². The highest BCUT2D eigenvalue weighted by Gasteiger charge is 2.22. The van der Waals surface area contributed by atoms with Gasteiger partial charge in [0.15, 0.2) is 22.6 Å². The minimum absolute atomic E-state index is 0.191. The van der Waals surface area contributed by atoms with Gasteiger partial charge in [-0.1, -0.05) is 284 Å². The Labute approximate surface area is 687 Å². The maximum absolute atomic E-state index is 9.96. The van der Waals surface area contributed by atoms with Crippen LogP contribution in [0.2, 0.25) is 20.7 Å². The number of thiophene rings is 5. The topological polar surface area (TPSA) is 129 Å². The van der Waals surface area contributed by atoms with Crippen molar-refractivity contribution in [2.24, 2.45) is 0 Å². The van der Waals surface area contributed by atoms with Gasteiger partial charge in [0.25, 0.3) is 0 Å². The highest BCUT2D eigenvalue weighted by atomic mass is 35.5. The largest absolute Gasteiger partial charge is 0.255 e. The molecule has 10 heterocycles. The van der Waals surface area contributed by atoms with Crippen LogP contribution in [0.25, 0.3) is 192 Å². The number of halogens is 5. The fourth-order valence-electron chi connectivity index (χ4n) is 13.7. The summed E-state index contributed by atoms with van der Waals surface area (Å²) in [4.78, 5) is 47.6. The lowest BCUT2D eigenvalue weighted by atomic mass is 10.00. The summed E-state index contributed by atoms with van der Waals surface area (Å²) in [5, 5.41) is 7.27. The molecule has 113 heavy (non-hydrogen) atoms. The van der Waals surface area contributed by atoms with Gasteiger partial charge in [0, 0.05) is 94.4 Å². The maximum atomic E-state index is 9.96. The molecule has 10 aromatic heterocycles. The third-order valence-electron chi connectivity index (χ3n) is 18.8. The van der Waals surface area contributed by atoms with Crippen LogP contribution < -0.4 is 0 Å². The summed E-state index contributed by atoms with van der Waals surface area (Å²) in [6, 6.07) is 108. The number of hydrogen-bond donors (Lipinski definition) is 0. The van der Waals surface area contributed by atoms with Crippen LogP contribution in [0, 0.1) is 0 Å². The average molecular weight is 1630 g/mol. The van der Waals surface area contributed by atoms with Crippen LogP contribution >= 0.6 is 103 Å². The molecular weight excluding hydrogens is 1580 g/mol. The lowest BCUT2D eigenvalue weighted by molar-refractivity contribution is 0.636. The number of benzene rings is 12. The van der Waals surface area contributed by atoms with Gasteiger partial charge < -0.3 is 0 Å². The van der Waals surface area contributed by atoms with Crippen LogP contribution in [-0.2, 0) is 0 Å². The molecular formula is C93H55Cl4FN10S5. The maximum Gasteiger partial charge on any atom is 0.224 e. The molecule has 0 aliphatic rings. The number of hydrogen-bond acceptors (Lipinski definition) is 15. The molecule has 22 aromatic rings. The Morgan fingerprint density at radius 1 is 0.239 bits per heavy atom. The molecule has 20 heteroatoms. The molecule has 542 valence electrons. The normalized spacial score (nSPS) is 11.4. The van der Waals surface area contributed by atoms with Gasteiger partial charge in [0.1, 0.15) is 0 Å². The van der Waals surface area contributed by atoms with Crippen LogP contribution in [0.5, 0.6) is 0 Å². The number of aromatic nitrogens is 10. The van der Waals surface area contributed by atoms with E-state index in [1.165, 1.54) is 18.8 Å². The molecule has 0 amide bonds. The van der Waals surface area contributed by atoms with Gasteiger partial charge in [-0.3, -0.25) is 4.39 Å². The molecule has 10 nitrogen and oxygen atoms in total. The van der Waals surface area contributed by atoms with Crippen molar-refractivity contribution >= 4 is 205 Å². The molecule has 0 bridgehead atoms. The molecule has 0 aliphatic carbocycles. The lowest BCUT2D eigenvalue weighted by Gasteiger charge is -2.10. The van der Waals surface area contributed by atoms with Crippen molar-refractivity contribution in [1.82, 2.24) is 49.8 Å². The van der Waals surface area contributed by atoms with Gasteiger partial charge in [-0.05, 0) is 88.9 Å². The van der Waals surface area contributed by atoms with Gasteiger partial charge >= 0.3 is 0 Å². The van der Waals surface area contributed by atoms with Crippen LogP contribution in [0.4, 0.5) is 4.39 Å². The minimum atomic E-state index is -1.00. The van der Waals surface area contributed by atoms with Gasteiger partial charge in [-0.2, -0.15) is 0 Å². The zero-order valence-electron chi connectivity index (χ0n) is 60.1. The first kappa shape index (κ1) is 71.5. The highest BCUT2D eigenvalue weighted by Crippen LogP contribution is 2.45. The molecule has 22 rings (SSSR count). The van der Waals surface area contributed by atoms with E-state index in [4.69, 9.17) is 77.7 Å². The Morgan fingerprint density at radius 2 is 0.487 bits per heavy atom. The van der Waals surface area contributed by atoms with Crippen molar-refractivity contribution in [2.45, 2.75) is 0 Å². The second kappa shape index (κ2) is 32.1. The van der Waals surface area contributed by atoms with Crippen LogP contribution in [0.1, 0.15) is 1.37 Å². The first-order chi connectivity index (χ1) is 56.1. The summed E-state index contributed by atoms with van der Waals surface area (Å²) in [5.41, 5.74) is 17.9. The van der Waals surface area contributed by atoms with Crippen LogP contribution in [0.3, 0.4) is 0 Å². The van der Waals surface area contributed by atoms with Crippen LogP contribution in [0.15, 0.2) is 315 Å². The summed E-state index contributed by atoms with van der Waals surface area (Å²) < 4.78 is 26.8. The van der Waals surface area contributed by atoms with E-state index in [1.54, 1.807) is 56.7 Å². The van der Waals surface area contributed by atoms with Crippen molar-refractivity contribution in [3.63, 3.8) is 0 Å². The standard InChI is InChI=1S/C44H26N4S2.C22H13ClN2S.C16H9ClN2S.C10H4Cl2N2S.CH3F/c1-3-13-27(14-4-1)37-41-39(33-21-7-9-23-35(33)49-41)47-43(45-37)31-19-11-17-29(25-31)30-18-12-20-32(26-30)44-46-38(28-15-5-2-6-16-28)42-40(48-44)34-22-8-10-24-36(34)50-42;23-16-10-6-9-15(13-16)22-24-19(14-7-2-1-3-8-14)21-20(25-22)17-11-4-5-12-18(17)26-21;17-16-18-13(10-6-2-1-3-7-10)15-14(19-16)11-8-4-5-9-12(11)20-15;11-9-8-7(13-10(12)14-9)5-3-1-2-4-6(5)15-8;1-2/h1-26H;1-13H;1-9H;1-4H;1H3/i;;;;1D. The molecule has 0 radical (unpaired) electrons. The van der Waals surface area contributed by atoms with E-state index in [1.807, 2.05) is 121 Å². The third kappa shape index (κ3) is 14.6. The molecule has 12 aromatic carbocycles. The summed E-state index contributed by atoms with van der Waals surface area (Å²) >= 11 is 32.6. The van der Waals surface area contributed by atoms with Crippen LogP contribution in [-0.4, -0.2) is 57.0 Å². The quantitative estimate of drug-likeness (QED) is 0.107. The lowest BCUT2D eigenvalue weighted by Crippen LogP contribution is -1.95. The first-order valence-corrected chi connectivity index (χ1v) is 41.1. The Bertz CT molecular complexity index is 7140. The van der Waals surface area contributed by atoms with Crippen molar-refractivity contribution in [3.05, 3.63) is 336 Å². The average Bonchev–Trinajstić information content (AvgIpc) is 1.58. The van der Waals surface area contributed by atoms with Crippen molar-refractivity contribution in [2.75, 3.05) is 7.15 Å². The Hall–Kier alpha value is -11.8. The van der Waals surface area contributed by atoms with E-state index in [0.717, 1.165) is 156 Å². The number of nitrogens with zero attached hydrogens (tertiary/aromatic N) is 10. The van der Waals surface area contributed by atoms with E-state index in [0.29, 0.717) is 32.9 Å². The summed E-state index contributed by atoms with van der Waals surface area (Å²) in [7, 11) is -1.00. The Morgan fingerprint density at radius 3 is 0.823 bits per heavy atom. The monoisotopic (exact) mass is 1630 g/mol. The predicted octanol–water partition coefficient (Wildman–Crippen LogP) is 29.1. The smallest absolute Gasteiger partial charge is 0.224 e. The third-order valence-corrected chi connectivity index (χ3v) is 25.6. The molecule has 0 unspecified atom stereocenters. The van der Waals surface area contributed by atoms with E-state index < -0.39 is 7.15 Å². The van der Waals surface area contributed by atoms with E-state index >= 15 is 0 Å². The van der Waals surface area contributed by atoms with Crippen molar-refractivity contribution < 1.29 is 5.76 Å². The highest BCUT2D eigenvalue weighted by molar-refractivity contribution is 7.28. The van der Waals surface area contributed by atoms with Crippen molar-refractivity contribution in [1.29, 1.82) is 0 Å². The minimum Gasteiger partial charge on any atom is -0.255 e. The number of rotatable bonds is 8. The van der Waals surface area contributed by atoms with Crippen molar-refractivity contribution in [3.8, 4) is 90.3 Å². The zero-order valence-corrected chi connectivity index (χ0v) is 66.2. The second-order valence-corrected chi connectivity index (χ2v) is 32.6. The molecule has 0 saturated heterocycles. The molecule has 0 fully saturated rings. The predicted molar refractivity (Wildman–Crippen MR) is 479 cm³/mol. The Kier molecular flexibility index (Phi) is 20.3. The van der Waals surface area contributed by atoms with E-state index in [9.17, 15) is 4.39 Å². The number of alkyl halides is 1. The zero-order chi connectivity index (χ0) is 77.2. The van der Waals surface area contributed by atoms with Gasteiger partial charge in [-0.15, -0.1) is 56.7 Å². The summed E-state index contributed by atoms with van der Waals surface area (Å²) in [6.07, 6.45) is 0. The number of fused-ring (bicyclic) bond motifs is 15. The van der Waals surface area contributed by atoms with Gasteiger partial charge in [0.2, 0.25) is 10.6 Å².